The number of nitrogens with zero attached hydrogens (tertiary/aromatic N) is 3. The molecule has 0 saturated carbocycles. The molecule has 0 aromatic heterocycles. The highest BCUT2D eigenvalue weighted by atomic mass is 32.2. The standard InChI is InChI=1S/C10H17N3S/c1-8-4-5-9(2)13(6-8)10(14-3)12-7-11/h8-9H,4-6H2,1-3H3. The summed E-state index contributed by atoms with van der Waals surface area (Å²) in [5.41, 5.74) is 0. The Bertz CT molecular complexity index is 257. The monoisotopic (exact) mass is 211 g/mol. The predicted octanol–water partition coefficient (Wildman–Crippen LogP) is 2.31. The van der Waals surface area contributed by atoms with E-state index in [-0.39, 0.29) is 0 Å². The number of rotatable bonds is 0. The highest BCUT2D eigenvalue weighted by Gasteiger charge is 2.25. The van der Waals surface area contributed by atoms with Gasteiger partial charge in [-0.25, -0.2) is 0 Å². The lowest BCUT2D eigenvalue weighted by Gasteiger charge is -2.37. The van der Waals surface area contributed by atoms with Gasteiger partial charge in [0.1, 0.15) is 0 Å². The topological polar surface area (TPSA) is 39.4 Å². The smallest absolute Gasteiger partial charge is 0.208 e. The van der Waals surface area contributed by atoms with Crippen molar-refractivity contribution in [2.45, 2.75) is 32.7 Å². The lowest BCUT2D eigenvalue weighted by Crippen LogP contribution is -2.43. The van der Waals surface area contributed by atoms with Gasteiger partial charge < -0.3 is 4.90 Å². The van der Waals surface area contributed by atoms with E-state index >= 15 is 0 Å². The van der Waals surface area contributed by atoms with Crippen LogP contribution < -0.4 is 0 Å². The van der Waals surface area contributed by atoms with E-state index in [0.29, 0.717) is 12.0 Å². The SMILES string of the molecule is CSC(=NC#N)N1CC(C)CCC1C. The minimum atomic E-state index is 0.519. The molecule has 1 rings (SSSR count). The molecule has 0 radical (unpaired) electrons. The minimum absolute atomic E-state index is 0.519. The summed E-state index contributed by atoms with van der Waals surface area (Å²) in [4.78, 5) is 6.11. The fourth-order valence-electron chi connectivity index (χ4n) is 1.83. The summed E-state index contributed by atoms with van der Waals surface area (Å²) in [5, 5.41) is 9.44. The molecule has 0 aromatic rings. The summed E-state index contributed by atoms with van der Waals surface area (Å²) in [6.07, 6.45) is 6.34. The molecule has 2 unspecified atom stereocenters. The Balaban J connectivity index is 2.73. The van der Waals surface area contributed by atoms with Gasteiger partial charge >= 0.3 is 0 Å². The van der Waals surface area contributed by atoms with E-state index in [1.54, 1.807) is 11.8 Å². The summed E-state index contributed by atoms with van der Waals surface area (Å²) >= 11 is 1.56. The van der Waals surface area contributed by atoms with Crippen LogP contribution in [0.5, 0.6) is 0 Å². The molecule has 0 N–H and O–H groups in total. The maximum atomic E-state index is 8.57. The van der Waals surface area contributed by atoms with Crippen LogP contribution in [0.4, 0.5) is 0 Å². The van der Waals surface area contributed by atoms with E-state index in [0.717, 1.165) is 11.7 Å². The van der Waals surface area contributed by atoms with Gasteiger partial charge in [-0.15, -0.1) is 4.99 Å². The second-order valence-corrected chi connectivity index (χ2v) is 4.66. The summed E-state index contributed by atoms with van der Waals surface area (Å²) in [7, 11) is 0. The van der Waals surface area contributed by atoms with Crippen molar-refractivity contribution in [2.24, 2.45) is 10.9 Å². The highest BCUT2D eigenvalue weighted by Crippen LogP contribution is 2.24. The molecule has 2 atom stereocenters. The number of thioether (sulfide) groups is 1. The third-order valence-electron chi connectivity index (χ3n) is 2.69. The Morgan fingerprint density at radius 1 is 1.50 bits per heavy atom. The molecule has 78 valence electrons. The van der Waals surface area contributed by atoms with Crippen LogP contribution in [0.1, 0.15) is 26.7 Å². The maximum Gasteiger partial charge on any atom is 0.208 e. The van der Waals surface area contributed by atoms with Gasteiger partial charge in [-0.05, 0) is 31.9 Å². The van der Waals surface area contributed by atoms with Crippen molar-refractivity contribution < 1.29 is 0 Å². The third kappa shape index (κ3) is 2.65. The molecule has 1 fully saturated rings. The summed E-state index contributed by atoms with van der Waals surface area (Å²) in [6.45, 7) is 5.49. The highest BCUT2D eigenvalue weighted by molar-refractivity contribution is 8.13. The molecular formula is C10H17N3S. The van der Waals surface area contributed by atoms with E-state index in [1.807, 2.05) is 12.4 Å². The van der Waals surface area contributed by atoms with Gasteiger partial charge in [0, 0.05) is 12.6 Å². The van der Waals surface area contributed by atoms with Crippen molar-refractivity contribution in [3.8, 4) is 6.19 Å². The first-order valence-corrected chi connectivity index (χ1v) is 6.19. The van der Waals surface area contributed by atoms with E-state index in [2.05, 4.69) is 23.7 Å². The Labute approximate surface area is 90.2 Å². The molecule has 4 heteroatoms. The van der Waals surface area contributed by atoms with Crippen LogP contribution in [0.3, 0.4) is 0 Å². The first kappa shape index (κ1) is 11.4. The van der Waals surface area contributed by atoms with Crippen molar-refractivity contribution in [1.82, 2.24) is 4.90 Å². The van der Waals surface area contributed by atoms with Gasteiger partial charge in [0.15, 0.2) is 5.17 Å². The molecule has 0 aromatic carbocycles. The van der Waals surface area contributed by atoms with Crippen molar-refractivity contribution in [3.05, 3.63) is 0 Å². The number of hydrogen-bond acceptors (Lipinski definition) is 3. The van der Waals surface area contributed by atoms with Crippen LogP contribution >= 0.6 is 11.8 Å². The second-order valence-electron chi connectivity index (χ2n) is 3.88. The van der Waals surface area contributed by atoms with Gasteiger partial charge in [-0.1, -0.05) is 18.7 Å². The fourth-order valence-corrected chi connectivity index (χ4v) is 2.45. The van der Waals surface area contributed by atoms with E-state index in [1.165, 1.54) is 12.8 Å². The van der Waals surface area contributed by atoms with E-state index < -0.39 is 0 Å². The molecular weight excluding hydrogens is 194 g/mol. The number of hydrogen-bond donors (Lipinski definition) is 0. The Morgan fingerprint density at radius 2 is 2.21 bits per heavy atom. The molecule has 1 aliphatic heterocycles. The van der Waals surface area contributed by atoms with Crippen molar-refractivity contribution in [3.63, 3.8) is 0 Å². The zero-order valence-corrected chi connectivity index (χ0v) is 9.84. The van der Waals surface area contributed by atoms with Crippen molar-refractivity contribution in [2.75, 3.05) is 12.8 Å². The molecule has 0 aliphatic carbocycles. The molecule has 1 aliphatic rings. The Hall–Kier alpha value is -0.690. The lowest BCUT2D eigenvalue weighted by atomic mass is 9.96. The minimum Gasteiger partial charge on any atom is -0.348 e. The predicted molar refractivity (Wildman–Crippen MR) is 61.1 cm³/mol. The number of aliphatic imine (C=N–C) groups is 1. The van der Waals surface area contributed by atoms with Gasteiger partial charge in [0.05, 0.1) is 0 Å². The van der Waals surface area contributed by atoms with Crippen LogP contribution in [-0.4, -0.2) is 28.9 Å². The fraction of sp³-hybridized carbons (Fsp3) is 0.800. The van der Waals surface area contributed by atoms with Gasteiger partial charge in [-0.3, -0.25) is 0 Å². The van der Waals surface area contributed by atoms with Crippen molar-refractivity contribution >= 4 is 16.9 Å². The summed E-state index contributed by atoms with van der Waals surface area (Å²) in [5.74, 6) is 0.710. The van der Waals surface area contributed by atoms with E-state index in [9.17, 15) is 0 Å². The maximum absolute atomic E-state index is 8.57. The first-order valence-electron chi connectivity index (χ1n) is 4.96. The number of amidine groups is 1. The molecule has 0 bridgehead atoms. The molecule has 0 spiro atoms. The van der Waals surface area contributed by atoms with Crippen LogP contribution in [0.15, 0.2) is 4.99 Å². The zero-order chi connectivity index (χ0) is 10.6. The Kier molecular flexibility index (Phi) is 4.27. The largest absolute Gasteiger partial charge is 0.348 e. The molecule has 3 nitrogen and oxygen atoms in total. The van der Waals surface area contributed by atoms with Crippen LogP contribution in [0.25, 0.3) is 0 Å². The van der Waals surface area contributed by atoms with E-state index in [4.69, 9.17) is 5.26 Å². The molecule has 14 heavy (non-hydrogen) atoms. The summed E-state index contributed by atoms with van der Waals surface area (Å²) in [6, 6.07) is 0.519. The number of piperidine rings is 1. The lowest BCUT2D eigenvalue weighted by molar-refractivity contribution is 0.211. The van der Waals surface area contributed by atoms with Crippen LogP contribution in [-0.2, 0) is 0 Å². The normalized spacial score (nSPS) is 28.7. The average Bonchev–Trinajstić information content (AvgIpc) is 2.18. The van der Waals surface area contributed by atoms with Gasteiger partial charge in [-0.2, -0.15) is 5.26 Å². The molecule has 1 saturated heterocycles. The van der Waals surface area contributed by atoms with Gasteiger partial charge in [0.2, 0.25) is 6.19 Å². The van der Waals surface area contributed by atoms with Crippen LogP contribution in [0.2, 0.25) is 0 Å². The number of likely N-dealkylation sites (tertiary alicyclic amines) is 1. The molecule has 0 amide bonds. The average molecular weight is 211 g/mol. The Morgan fingerprint density at radius 3 is 2.79 bits per heavy atom. The second kappa shape index (κ2) is 5.26. The summed E-state index contributed by atoms with van der Waals surface area (Å²) < 4.78 is 0. The van der Waals surface area contributed by atoms with Crippen LogP contribution in [0, 0.1) is 17.4 Å². The third-order valence-corrected chi connectivity index (χ3v) is 3.38. The molecule has 1 heterocycles. The van der Waals surface area contributed by atoms with Crippen molar-refractivity contribution in [1.29, 1.82) is 5.26 Å². The van der Waals surface area contributed by atoms with Gasteiger partial charge in [0.25, 0.3) is 0 Å². The quantitative estimate of drug-likeness (QED) is 0.350. The zero-order valence-electron chi connectivity index (χ0n) is 9.03. The number of nitriles is 1. The first-order chi connectivity index (χ1) is 6.69.